The number of carbonyl (C=O) groups is 2. The van der Waals surface area contributed by atoms with Crippen LogP contribution in [0.25, 0.3) is 16.5 Å². The lowest BCUT2D eigenvalue weighted by Gasteiger charge is -2.15. The van der Waals surface area contributed by atoms with E-state index < -0.39 is 18.0 Å². The Kier molecular flexibility index (Phi) is 5.43. The number of amides is 1. The summed E-state index contributed by atoms with van der Waals surface area (Å²) in [5.74, 6) is -0.257. The number of hydrogen-bond donors (Lipinski definition) is 1. The maximum absolute atomic E-state index is 13.1. The second-order valence-corrected chi connectivity index (χ2v) is 7.55. The molecule has 0 aliphatic carbocycles. The zero-order valence-corrected chi connectivity index (χ0v) is 18.1. The highest BCUT2D eigenvalue weighted by Gasteiger charge is 2.24. The Morgan fingerprint density at radius 2 is 1.68 bits per heavy atom. The Hall–Kier alpha value is -4.66. The van der Waals surface area contributed by atoms with Crippen molar-refractivity contribution in [2.24, 2.45) is 0 Å². The molecule has 1 atom stereocenters. The lowest BCUT2D eigenvalue weighted by molar-refractivity contribution is -0.123. The van der Waals surface area contributed by atoms with Crippen LogP contribution in [0.3, 0.4) is 0 Å². The highest BCUT2D eigenvalue weighted by Crippen LogP contribution is 2.34. The molecule has 1 aliphatic rings. The Balaban J connectivity index is 1.41. The number of benzene rings is 3. The van der Waals surface area contributed by atoms with Crippen molar-refractivity contribution in [2.75, 3.05) is 12.1 Å². The van der Waals surface area contributed by atoms with Gasteiger partial charge in [-0.3, -0.25) is 9.59 Å². The van der Waals surface area contributed by atoms with Crippen molar-refractivity contribution in [3.63, 3.8) is 0 Å². The smallest absolute Gasteiger partial charge is 0.360 e. The van der Waals surface area contributed by atoms with E-state index in [1.165, 1.54) is 6.92 Å². The molecule has 2 heterocycles. The average molecular weight is 457 g/mol. The molecule has 9 heteroatoms. The van der Waals surface area contributed by atoms with Crippen LogP contribution in [0.4, 0.5) is 5.69 Å². The van der Waals surface area contributed by atoms with E-state index in [1.54, 1.807) is 66.7 Å². The topological polar surface area (TPSA) is 109 Å². The Morgan fingerprint density at radius 3 is 2.47 bits per heavy atom. The van der Waals surface area contributed by atoms with Gasteiger partial charge in [0.15, 0.2) is 23.3 Å². The molecule has 0 saturated carbocycles. The van der Waals surface area contributed by atoms with E-state index in [-0.39, 0.29) is 18.0 Å². The van der Waals surface area contributed by atoms with Gasteiger partial charge in [-0.15, -0.1) is 0 Å². The van der Waals surface area contributed by atoms with Crippen molar-refractivity contribution in [1.29, 1.82) is 0 Å². The number of rotatable bonds is 5. The molecule has 34 heavy (non-hydrogen) atoms. The van der Waals surface area contributed by atoms with Gasteiger partial charge in [0.25, 0.3) is 11.5 Å². The quantitative estimate of drug-likeness (QED) is 0.458. The number of aromatic nitrogens is 2. The molecule has 0 spiro atoms. The summed E-state index contributed by atoms with van der Waals surface area (Å²) in [5, 5.41) is 7.61. The molecule has 1 amide bonds. The normalized spacial score (nSPS) is 12.9. The van der Waals surface area contributed by atoms with Gasteiger partial charge in [-0.05, 0) is 37.3 Å². The van der Waals surface area contributed by atoms with Gasteiger partial charge in [0.2, 0.25) is 6.79 Å². The summed E-state index contributed by atoms with van der Waals surface area (Å²) in [5.41, 5.74) is 0.535. The van der Waals surface area contributed by atoms with Gasteiger partial charge in [-0.2, -0.15) is 9.78 Å². The first-order valence-corrected chi connectivity index (χ1v) is 10.5. The summed E-state index contributed by atoms with van der Waals surface area (Å²) in [6, 6.07) is 20.3. The van der Waals surface area contributed by atoms with Crippen LogP contribution in [0.1, 0.15) is 17.4 Å². The molecule has 1 aliphatic heterocycles. The maximum atomic E-state index is 13.1. The van der Waals surface area contributed by atoms with Gasteiger partial charge in [0, 0.05) is 17.1 Å². The maximum Gasteiger partial charge on any atom is 0.360 e. The molecule has 9 nitrogen and oxygen atoms in total. The van der Waals surface area contributed by atoms with E-state index in [1.807, 2.05) is 6.07 Å². The Bertz CT molecular complexity index is 1460. The fraction of sp³-hybridized carbons (Fsp3) is 0.120. The van der Waals surface area contributed by atoms with E-state index in [9.17, 15) is 14.4 Å². The molecule has 0 saturated heterocycles. The van der Waals surface area contributed by atoms with Crippen LogP contribution in [0.15, 0.2) is 77.6 Å². The highest BCUT2D eigenvalue weighted by atomic mass is 16.7. The minimum atomic E-state index is -1.13. The summed E-state index contributed by atoms with van der Waals surface area (Å²) in [6.45, 7) is 1.57. The number of nitrogens with one attached hydrogen (secondary N) is 1. The summed E-state index contributed by atoms with van der Waals surface area (Å²) in [4.78, 5) is 38.7. The molecule has 170 valence electrons. The van der Waals surface area contributed by atoms with E-state index in [0.29, 0.717) is 33.6 Å². The van der Waals surface area contributed by atoms with Crippen molar-refractivity contribution < 1.29 is 23.8 Å². The fourth-order valence-electron chi connectivity index (χ4n) is 3.57. The molecule has 1 aromatic heterocycles. The van der Waals surface area contributed by atoms with Crippen LogP contribution in [-0.4, -0.2) is 34.6 Å². The summed E-state index contributed by atoms with van der Waals surface area (Å²) >= 11 is 0. The second-order valence-electron chi connectivity index (χ2n) is 7.55. The minimum absolute atomic E-state index is 0.0678. The Morgan fingerprint density at radius 1 is 0.971 bits per heavy atom. The minimum Gasteiger partial charge on any atom is -0.454 e. The zero-order chi connectivity index (χ0) is 23.7. The molecule has 0 radical (unpaired) electrons. The van der Waals surface area contributed by atoms with Crippen LogP contribution in [0, 0.1) is 0 Å². The van der Waals surface area contributed by atoms with Crippen LogP contribution in [-0.2, 0) is 9.53 Å². The number of nitrogens with zero attached hydrogens (tertiary/aromatic N) is 2. The van der Waals surface area contributed by atoms with E-state index in [2.05, 4.69) is 10.4 Å². The molecular weight excluding hydrogens is 438 g/mol. The molecule has 1 N–H and O–H groups in total. The second kappa shape index (κ2) is 8.70. The predicted octanol–water partition coefficient (Wildman–Crippen LogP) is 3.30. The van der Waals surface area contributed by atoms with Crippen LogP contribution < -0.4 is 20.3 Å². The lowest BCUT2D eigenvalue weighted by atomic mass is 10.1. The van der Waals surface area contributed by atoms with Gasteiger partial charge in [-0.1, -0.05) is 36.4 Å². The van der Waals surface area contributed by atoms with E-state index >= 15 is 0 Å². The van der Waals surface area contributed by atoms with Gasteiger partial charge in [-0.25, -0.2) is 4.79 Å². The van der Waals surface area contributed by atoms with Gasteiger partial charge in [0.05, 0.1) is 11.1 Å². The van der Waals surface area contributed by atoms with Crippen LogP contribution in [0.5, 0.6) is 11.5 Å². The van der Waals surface area contributed by atoms with Crippen molar-refractivity contribution in [3.05, 3.63) is 88.8 Å². The third-order valence-electron chi connectivity index (χ3n) is 5.29. The summed E-state index contributed by atoms with van der Waals surface area (Å²) in [6.07, 6.45) is -1.13. The summed E-state index contributed by atoms with van der Waals surface area (Å²) in [7, 11) is 0. The molecular formula is C25H19N3O6. The largest absolute Gasteiger partial charge is 0.454 e. The standard InChI is InChI=1S/C25H19N3O6/c1-15(23(29)26-16-11-12-20-21(13-16)33-14-32-20)34-25(31)22-18-9-5-6-10-19(18)24(30)28(27-22)17-7-3-2-4-8-17/h2-13,15H,14H2,1H3,(H,26,29)/t15-/m0/s1. The van der Waals surface area contributed by atoms with Gasteiger partial charge in [0.1, 0.15) is 0 Å². The number of ether oxygens (including phenoxy) is 3. The van der Waals surface area contributed by atoms with Crippen molar-refractivity contribution in [2.45, 2.75) is 13.0 Å². The molecule has 3 aromatic carbocycles. The molecule has 0 fully saturated rings. The van der Waals surface area contributed by atoms with E-state index in [0.717, 1.165) is 4.68 Å². The highest BCUT2D eigenvalue weighted by molar-refractivity contribution is 6.04. The van der Waals surface area contributed by atoms with Crippen molar-refractivity contribution in [1.82, 2.24) is 9.78 Å². The van der Waals surface area contributed by atoms with Gasteiger partial charge < -0.3 is 19.5 Å². The van der Waals surface area contributed by atoms with Crippen LogP contribution >= 0.6 is 0 Å². The van der Waals surface area contributed by atoms with Crippen LogP contribution in [0.2, 0.25) is 0 Å². The van der Waals surface area contributed by atoms with Crippen molar-refractivity contribution in [3.8, 4) is 17.2 Å². The first-order chi connectivity index (χ1) is 16.5. The first-order valence-electron chi connectivity index (χ1n) is 10.5. The predicted molar refractivity (Wildman–Crippen MR) is 123 cm³/mol. The number of anilines is 1. The Labute approximate surface area is 193 Å². The number of para-hydroxylation sites is 1. The lowest BCUT2D eigenvalue weighted by Crippen LogP contribution is -2.31. The number of esters is 1. The number of fused-ring (bicyclic) bond motifs is 2. The molecule has 4 aromatic rings. The SMILES string of the molecule is C[C@H](OC(=O)c1nn(-c2ccccc2)c(=O)c2ccccc12)C(=O)Nc1ccc2c(c1)OCO2. The summed E-state index contributed by atoms with van der Waals surface area (Å²) < 4.78 is 17.1. The first kappa shape index (κ1) is 21.2. The third kappa shape index (κ3) is 3.95. The molecule has 0 bridgehead atoms. The van der Waals surface area contributed by atoms with E-state index in [4.69, 9.17) is 14.2 Å². The monoisotopic (exact) mass is 457 g/mol. The average Bonchev–Trinajstić information content (AvgIpc) is 3.33. The number of carbonyl (C=O) groups excluding carboxylic acids is 2. The third-order valence-corrected chi connectivity index (χ3v) is 5.29. The zero-order valence-electron chi connectivity index (χ0n) is 18.1. The fourth-order valence-corrected chi connectivity index (χ4v) is 3.57. The molecule has 0 unspecified atom stereocenters. The molecule has 5 rings (SSSR count). The number of hydrogen-bond acceptors (Lipinski definition) is 7. The van der Waals surface area contributed by atoms with Crippen molar-refractivity contribution >= 4 is 28.3 Å². The van der Waals surface area contributed by atoms with Gasteiger partial charge >= 0.3 is 5.97 Å².